The standard InChI is InChI=1S/C6H2BrF3IN/c7-3-1-4(6(8,9)10)5(11)12-2-3/h1-2H. The van der Waals surface area contributed by atoms with E-state index < -0.39 is 11.7 Å². The molecular formula is C6H2BrF3IN. The first-order valence-electron chi connectivity index (χ1n) is 2.79. The van der Waals surface area contributed by atoms with Crippen LogP contribution in [0.25, 0.3) is 0 Å². The molecule has 0 fully saturated rings. The summed E-state index contributed by atoms with van der Waals surface area (Å²) in [7, 11) is 0. The van der Waals surface area contributed by atoms with Crippen LogP contribution < -0.4 is 0 Å². The molecule has 0 saturated heterocycles. The Balaban J connectivity index is 3.23. The first-order valence-corrected chi connectivity index (χ1v) is 4.66. The molecule has 0 bridgehead atoms. The first-order chi connectivity index (χ1) is 5.41. The third-order valence-corrected chi connectivity index (χ3v) is 2.40. The van der Waals surface area contributed by atoms with E-state index in [0.29, 0.717) is 4.47 Å². The van der Waals surface area contributed by atoms with Gasteiger partial charge in [0.25, 0.3) is 0 Å². The van der Waals surface area contributed by atoms with Crippen molar-refractivity contribution in [3.05, 3.63) is 26.0 Å². The van der Waals surface area contributed by atoms with Crippen LogP contribution in [0.4, 0.5) is 13.2 Å². The summed E-state index contributed by atoms with van der Waals surface area (Å²) in [5, 5.41) is 0. The summed E-state index contributed by atoms with van der Waals surface area (Å²) in [5.41, 5.74) is -0.711. The van der Waals surface area contributed by atoms with Gasteiger partial charge in [-0.15, -0.1) is 0 Å². The monoisotopic (exact) mass is 351 g/mol. The minimum absolute atomic E-state index is 0.0386. The van der Waals surface area contributed by atoms with Gasteiger partial charge in [0, 0.05) is 10.7 Å². The highest BCUT2D eigenvalue weighted by Gasteiger charge is 2.33. The molecule has 1 aromatic rings. The highest BCUT2D eigenvalue weighted by atomic mass is 127. The number of hydrogen-bond donors (Lipinski definition) is 0. The average molecular weight is 352 g/mol. The fourth-order valence-electron chi connectivity index (χ4n) is 0.621. The predicted octanol–water partition coefficient (Wildman–Crippen LogP) is 3.47. The van der Waals surface area contributed by atoms with Crippen molar-refractivity contribution in [1.29, 1.82) is 0 Å². The van der Waals surface area contributed by atoms with Crippen LogP contribution >= 0.6 is 38.5 Å². The van der Waals surface area contributed by atoms with Gasteiger partial charge in [-0.1, -0.05) is 0 Å². The molecule has 0 saturated carbocycles. The van der Waals surface area contributed by atoms with Gasteiger partial charge in [-0.2, -0.15) is 13.2 Å². The predicted molar refractivity (Wildman–Crippen MR) is 49.7 cm³/mol. The number of rotatable bonds is 0. The van der Waals surface area contributed by atoms with Crippen molar-refractivity contribution in [2.75, 3.05) is 0 Å². The molecule has 0 unspecified atom stereocenters. The van der Waals surface area contributed by atoms with Gasteiger partial charge in [0.15, 0.2) is 0 Å². The van der Waals surface area contributed by atoms with Gasteiger partial charge in [-0.25, -0.2) is 4.98 Å². The summed E-state index contributed by atoms with van der Waals surface area (Å²) < 4.78 is 36.8. The van der Waals surface area contributed by atoms with E-state index in [2.05, 4.69) is 20.9 Å². The fraction of sp³-hybridized carbons (Fsp3) is 0.167. The second kappa shape index (κ2) is 3.49. The number of hydrogen-bond acceptors (Lipinski definition) is 1. The molecule has 0 atom stereocenters. The van der Waals surface area contributed by atoms with Crippen molar-refractivity contribution in [2.45, 2.75) is 6.18 Å². The minimum Gasteiger partial charge on any atom is -0.249 e. The molecular weight excluding hydrogens is 350 g/mol. The second-order valence-electron chi connectivity index (χ2n) is 1.99. The summed E-state index contributed by atoms with van der Waals surface area (Å²) in [6, 6.07) is 1.01. The van der Waals surface area contributed by atoms with Crippen molar-refractivity contribution in [3.8, 4) is 0 Å². The summed E-state index contributed by atoms with van der Waals surface area (Å²) >= 11 is 4.47. The Hall–Kier alpha value is 0.150. The molecule has 0 N–H and O–H groups in total. The van der Waals surface area contributed by atoms with Crippen LogP contribution in [0.15, 0.2) is 16.7 Å². The van der Waals surface area contributed by atoms with Crippen LogP contribution in [0.5, 0.6) is 0 Å². The molecule has 1 aromatic heterocycles. The fourth-order valence-corrected chi connectivity index (χ4v) is 1.55. The smallest absolute Gasteiger partial charge is 0.249 e. The Morgan fingerprint density at radius 2 is 2.00 bits per heavy atom. The molecule has 0 radical (unpaired) electrons. The number of alkyl halides is 3. The lowest BCUT2D eigenvalue weighted by atomic mass is 10.3. The molecule has 0 amide bonds. The van der Waals surface area contributed by atoms with Gasteiger partial charge < -0.3 is 0 Å². The van der Waals surface area contributed by atoms with Crippen LogP contribution in [0.1, 0.15) is 5.56 Å². The van der Waals surface area contributed by atoms with E-state index in [4.69, 9.17) is 0 Å². The zero-order valence-electron chi connectivity index (χ0n) is 5.49. The Morgan fingerprint density at radius 3 is 2.42 bits per heavy atom. The van der Waals surface area contributed by atoms with Crippen LogP contribution in [0, 0.1) is 3.70 Å². The number of nitrogens with zero attached hydrogens (tertiary/aromatic N) is 1. The normalized spacial score (nSPS) is 11.8. The summed E-state index contributed by atoms with van der Waals surface area (Å²) in [6.07, 6.45) is -3.00. The van der Waals surface area contributed by atoms with Gasteiger partial charge in [-0.3, -0.25) is 0 Å². The van der Waals surface area contributed by atoms with Crippen molar-refractivity contribution in [3.63, 3.8) is 0 Å². The Kier molecular flexibility index (Phi) is 2.97. The summed E-state index contributed by atoms with van der Waals surface area (Å²) in [6.45, 7) is 0. The number of halogens is 5. The van der Waals surface area contributed by atoms with Crippen molar-refractivity contribution < 1.29 is 13.2 Å². The quantitative estimate of drug-likeness (QED) is 0.515. The lowest BCUT2D eigenvalue weighted by molar-refractivity contribution is -0.138. The third kappa shape index (κ3) is 2.32. The lowest BCUT2D eigenvalue weighted by Gasteiger charge is -2.07. The molecule has 0 aromatic carbocycles. The maximum Gasteiger partial charge on any atom is 0.418 e. The Morgan fingerprint density at radius 1 is 1.42 bits per heavy atom. The van der Waals surface area contributed by atoms with Crippen LogP contribution in [0.3, 0.4) is 0 Å². The molecule has 0 aliphatic rings. The van der Waals surface area contributed by atoms with Gasteiger partial charge in [-0.05, 0) is 44.6 Å². The Labute approximate surface area is 88.6 Å². The first kappa shape index (κ1) is 10.2. The van der Waals surface area contributed by atoms with Crippen molar-refractivity contribution in [2.24, 2.45) is 0 Å². The topological polar surface area (TPSA) is 12.9 Å². The zero-order valence-corrected chi connectivity index (χ0v) is 9.24. The molecule has 66 valence electrons. The highest BCUT2D eigenvalue weighted by molar-refractivity contribution is 14.1. The van der Waals surface area contributed by atoms with E-state index in [1.54, 1.807) is 22.6 Å². The van der Waals surface area contributed by atoms with Crippen LogP contribution in [-0.2, 0) is 6.18 Å². The maximum absolute atomic E-state index is 12.2. The van der Waals surface area contributed by atoms with E-state index in [9.17, 15) is 13.2 Å². The maximum atomic E-state index is 12.2. The van der Waals surface area contributed by atoms with Crippen LogP contribution in [0.2, 0.25) is 0 Å². The average Bonchev–Trinajstić information content (AvgIpc) is 1.92. The van der Waals surface area contributed by atoms with Gasteiger partial charge in [0.2, 0.25) is 0 Å². The van der Waals surface area contributed by atoms with Crippen molar-refractivity contribution >= 4 is 38.5 Å². The van der Waals surface area contributed by atoms with Gasteiger partial charge >= 0.3 is 6.18 Å². The molecule has 1 rings (SSSR count). The summed E-state index contributed by atoms with van der Waals surface area (Å²) in [5.74, 6) is 0. The van der Waals surface area contributed by atoms with E-state index >= 15 is 0 Å². The van der Waals surface area contributed by atoms with Crippen LogP contribution in [-0.4, -0.2) is 4.98 Å². The molecule has 6 heteroatoms. The second-order valence-corrected chi connectivity index (χ2v) is 3.93. The van der Waals surface area contributed by atoms with E-state index in [1.807, 2.05) is 0 Å². The third-order valence-electron chi connectivity index (χ3n) is 1.11. The largest absolute Gasteiger partial charge is 0.418 e. The highest BCUT2D eigenvalue weighted by Crippen LogP contribution is 2.33. The molecule has 12 heavy (non-hydrogen) atoms. The minimum atomic E-state index is -4.33. The molecule has 0 spiro atoms. The van der Waals surface area contributed by atoms with E-state index in [-0.39, 0.29) is 3.70 Å². The van der Waals surface area contributed by atoms with E-state index in [0.717, 1.165) is 6.07 Å². The zero-order chi connectivity index (χ0) is 9.35. The molecule has 0 aliphatic carbocycles. The van der Waals surface area contributed by atoms with Gasteiger partial charge in [0.1, 0.15) is 3.70 Å². The Bertz CT molecular complexity index is 299. The summed E-state index contributed by atoms with van der Waals surface area (Å²) in [4.78, 5) is 3.56. The molecule has 1 heterocycles. The number of aromatic nitrogens is 1. The number of pyridine rings is 1. The molecule has 1 nitrogen and oxygen atoms in total. The molecule has 0 aliphatic heterocycles. The SMILES string of the molecule is FC(F)(F)c1cc(Br)cnc1I. The van der Waals surface area contributed by atoms with Gasteiger partial charge in [0.05, 0.1) is 5.56 Å². The van der Waals surface area contributed by atoms with E-state index in [1.165, 1.54) is 6.20 Å². The lowest BCUT2D eigenvalue weighted by Crippen LogP contribution is -2.08. The van der Waals surface area contributed by atoms with Crippen molar-refractivity contribution in [1.82, 2.24) is 4.98 Å².